The molecular formula is C13H18F2N2O2. The van der Waals surface area contributed by atoms with Gasteiger partial charge in [-0.25, -0.2) is 8.78 Å². The number of rotatable bonds is 5. The lowest BCUT2D eigenvalue weighted by Gasteiger charge is -2.33. The van der Waals surface area contributed by atoms with Crippen molar-refractivity contribution in [3.8, 4) is 0 Å². The first-order chi connectivity index (χ1) is 8.76. The summed E-state index contributed by atoms with van der Waals surface area (Å²) in [4.78, 5) is 13.4. The molecule has 0 unspecified atom stereocenters. The summed E-state index contributed by atoms with van der Waals surface area (Å²) in [6.07, 6.45) is 0. The van der Waals surface area contributed by atoms with Gasteiger partial charge in [-0.2, -0.15) is 0 Å². The number of carbonyl (C=O) groups is 1. The maximum absolute atomic E-state index is 13.3. The van der Waals surface area contributed by atoms with E-state index in [4.69, 9.17) is 5.11 Å². The van der Waals surface area contributed by atoms with Gasteiger partial charge in [0.05, 0.1) is 18.8 Å². The number of carbonyl (C=O) groups excluding carboxylic acids is 1. The molecule has 1 aromatic carbocycles. The van der Waals surface area contributed by atoms with Gasteiger partial charge >= 0.3 is 0 Å². The molecule has 0 aliphatic heterocycles. The zero-order chi connectivity index (χ0) is 14.6. The van der Waals surface area contributed by atoms with Gasteiger partial charge in [-0.05, 0) is 33.0 Å². The van der Waals surface area contributed by atoms with Gasteiger partial charge in [0.1, 0.15) is 11.6 Å². The number of aliphatic hydroxyl groups is 1. The topological polar surface area (TPSA) is 52.6 Å². The molecular weight excluding hydrogens is 254 g/mol. The van der Waals surface area contributed by atoms with Crippen molar-refractivity contribution in [2.24, 2.45) is 0 Å². The van der Waals surface area contributed by atoms with Gasteiger partial charge in [-0.3, -0.25) is 9.69 Å². The molecule has 0 saturated carbocycles. The Morgan fingerprint density at radius 3 is 2.58 bits per heavy atom. The van der Waals surface area contributed by atoms with E-state index in [1.54, 1.807) is 25.8 Å². The quantitative estimate of drug-likeness (QED) is 0.856. The molecule has 0 radical (unpaired) electrons. The minimum atomic E-state index is -0.822. The van der Waals surface area contributed by atoms with E-state index in [2.05, 4.69) is 5.32 Å². The molecule has 0 fully saturated rings. The summed E-state index contributed by atoms with van der Waals surface area (Å²) < 4.78 is 26.0. The Kier molecular flexibility index (Phi) is 4.97. The molecule has 6 heteroatoms. The first kappa shape index (κ1) is 15.5. The summed E-state index contributed by atoms with van der Waals surface area (Å²) in [5.74, 6) is -1.96. The van der Waals surface area contributed by atoms with E-state index in [0.717, 1.165) is 6.07 Å². The molecule has 0 bridgehead atoms. The van der Waals surface area contributed by atoms with Gasteiger partial charge < -0.3 is 10.4 Å². The van der Waals surface area contributed by atoms with Gasteiger partial charge in [0.25, 0.3) is 0 Å². The van der Waals surface area contributed by atoms with Crippen LogP contribution in [0.1, 0.15) is 13.8 Å². The molecule has 0 aromatic heterocycles. The lowest BCUT2D eigenvalue weighted by Crippen LogP contribution is -2.47. The highest BCUT2D eigenvalue weighted by Gasteiger charge is 2.24. The van der Waals surface area contributed by atoms with Crippen LogP contribution in [0, 0.1) is 11.6 Å². The number of anilines is 1. The normalized spacial score (nSPS) is 11.7. The first-order valence-corrected chi connectivity index (χ1v) is 5.83. The summed E-state index contributed by atoms with van der Waals surface area (Å²) >= 11 is 0. The number of aliphatic hydroxyl groups excluding tert-OH is 1. The molecule has 0 aliphatic carbocycles. The fraction of sp³-hybridized carbons (Fsp3) is 0.462. The van der Waals surface area contributed by atoms with Gasteiger partial charge in [0.15, 0.2) is 0 Å². The van der Waals surface area contributed by atoms with Crippen molar-refractivity contribution in [3.05, 3.63) is 29.8 Å². The zero-order valence-electron chi connectivity index (χ0n) is 11.2. The third-order valence-corrected chi connectivity index (χ3v) is 3.01. The number of halogens is 2. The summed E-state index contributed by atoms with van der Waals surface area (Å²) in [7, 11) is 1.68. The number of nitrogens with zero attached hydrogens (tertiary/aromatic N) is 1. The second-order valence-electron chi connectivity index (χ2n) is 5.00. The fourth-order valence-electron chi connectivity index (χ4n) is 1.33. The molecule has 1 rings (SSSR count). The molecule has 0 spiro atoms. The summed E-state index contributed by atoms with van der Waals surface area (Å²) in [6.45, 7) is 3.43. The van der Waals surface area contributed by atoms with Crippen LogP contribution in [0.15, 0.2) is 18.2 Å². The van der Waals surface area contributed by atoms with Gasteiger partial charge in [0.2, 0.25) is 5.91 Å². The Balaban J connectivity index is 2.65. The predicted molar refractivity (Wildman–Crippen MR) is 68.8 cm³/mol. The third-order valence-electron chi connectivity index (χ3n) is 3.01. The van der Waals surface area contributed by atoms with Crippen LogP contribution in [-0.4, -0.2) is 41.7 Å². The summed E-state index contributed by atoms with van der Waals surface area (Å²) in [6, 6.07) is 2.94. The van der Waals surface area contributed by atoms with Crippen LogP contribution in [-0.2, 0) is 4.79 Å². The highest BCUT2D eigenvalue weighted by atomic mass is 19.1. The SMILES string of the molecule is CN(CC(=O)Nc1ccc(F)cc1F)C(C)(C)CO. The highest BCUT2D eigenvalue weighted by Crippen LogP contribution is 2.15. The van der Waals surface area contributed by atoms with Gasteiger partial charge in [-0.15, -0.1) is 0 Å². The lowest BCUT2D eigenvalue weighted by atomic mass is 10.1. The molecule has 0 aliphatic rings. The van der Waals surface area contributed by atoms with Crippen LogP contribution >= 0.6 is 0 Å². The van der Waals surface area contributed by atoms with Crippen molar-refractivity contribution in [3.63, 3.8) is 0 Å². The minimum Gasteiger partial charge on any atom is -0.394 e. The summed E-state index contributed by atoms with van der Waals surface area (Å²) in [5, 5.41) is 11.5. The lowest BCUT2D eigenvalue weighted by molar-refractivity contribution is -0.118. The fourth-order valence-corrected chi connectivity index (χ4v) is 1.33. The Bertz CT molecular complexity index is 464. The van der Waals surface area contributed by atoms with Crippen LogP contribution in [0.25, 0.3) is 0 Å². The van der Waals surface area contributed by atoms with Crippen LogP contribution in [0.5, 0.6) is 0 Å². The number of benzene rings is 1. The molecule has 0 heterocycles. The average Bonchev–Trinajstić information content (AvgIpc) is 2.32. The van der Waals surface area contributed by atoms with Gasteiger partial charge in [0, 0.05) is 11.6 Å². The van der Waals surface area contributed by atoms with Crippen LogP contribution in [0.2, 0.25) is 0 Å². The number of nitrogens with one attached hydrogen (secondary N) is 1. The maximum Gasteiger partial charge on any atom is 0.238 e. The molecule has 1 amide bonds. The molecule has 2 N–H and O–H groups in total. The Labute approximate surface area is 111 Å². The summed E-state index contributed by atoms with van der Waals surface area (Å²) in [5.41, 5.74) is -0.625. The predicted octanol–water partition coefficient (Wildman–Crippen LogP) is 1.61. The molecule has 19 heavy (non-hydrogen) atoms. The molecule has 0 saturated heterocycles. The van der Waals surface area contributed by atoms with Gasteiger partial charge in [-0.1, -0.05) is 0 Å². The van der Waals surface area contributed by atoms with E-state index in [9.17, 15) is 13.6 Å². The monoisotopic (exact) mass is 272 g/mol. The van der Waals surface area contributed by atoms with Crippen LogP contribution in [0.4, 0.5) is 14.5 Å². The molecule has 1 aromatic rings. The minimum absolute atomic E-state index is 0.00955. The first-order valence-electron chi connectivity index (χ1n) is 5.83. The van der Waals surface area contributed by atoms with E-state index in [0.29, 0.717) is 6.07 Å². The van der Waals surface area contributed by atoms with E-state index in [-0.39, 0.29) is 18.8 Å². The Morgan fingerprint density at radius 2 is 2.05 bits per heavy atom. The van der Waals surface area contributed by atoms with Crippen molar-refractivity contribution >= 4 is 11.6 Å². The standard InChI is InChI=1S/C13H18F2N2O2/c1-13(2,8-18)17(3)7-12(19)16-11-5-4-9(14)6-10(11)15/h4-6,18H,7-8H2,1-3H3,(H,16,19). The smallest absolute Gasteiger partial charge is 0.238 e. The number of hydrogen-bond acceptors (Lipinski definition) is 3. The average molecular weight is 272 g/mol. The third kappa shape index (κ3) is 4.25. The highest BCUT2D eigenvalue weighted by molar-refractivity contribution is 5.92. The molecule has 106 valence electrons. The number of hydrogen-bond donors (Lipinski definition) is 2. The largest absolute Gasteiger partial charge is 0.394 e. The van der Waals surface area contributed by atoms with Crippen LogP contribution in [0.3, 0.4) is 0 Å². The van der Waals surface area contributed by atoms with Crippen molar-refractivity contribution in [1.29, 1.82) is 0 Å². The van der Waals surface area contributed by atoms with Crippen molar-refractivity contribution in [2.45, 2.75) is 19.4 Å². The van der Waals surface area contributed by atoms with E-state index < -0.39 is 23.1 Å². The van der Waals surface area contributed by atoms with Crippen molar-refractivity contribution in [1.82, 2.24) is 4.90 Å². The zero-order valence-corrected chi connectivity index (χ0v) is 11.2. The number of likely N-dealkylation sites (N-methyl/N-ethyl adjacent to an activating group) is 1. The van der Waals surface area contributed by atoms with E-state index in [1.165, 1.54) is 6.07 Å². The van der Waals surface area contributed by atoms with E-state index in [1.807, 2.05) is 0 Å². The van der Waals surface area contributed by atoms with E-state index >= 15 is 0 Å². The Hall–Kier alpha value is -1.53. The van der Waals surface area contributed by atoms with Crippen molar-refractivity contribution < 1.29 is 18.7 Å². The molecule has 4 nitrogen and oxygen atoms in total. The van der Waals surface area contributed by atoms with Crippen molar-refractivity contribution in [2.75, 3.05) is 25.5 Å². The number of amides is 1. The maximum atomic E-state index is 13.3. The molecule has 0 atom stereocenters. The second-order valence-corrected chi connectivity index (χ2v) is 5.00. The van der Waals surface area contributed by atoms with Crippen LogP contribution < -0.4 is 5.32 Å². The second kappa shape index (κ2) is 6.08. The Morgan fingerprint density at radius 1 is 1.42 bits per heavy atom.